The molecule has 1 aliphatic heterocycles. The number of urea groups is 1. The third-order valence-corrected chi connectivity index (χ3v) is 4.66. The lowest BCUT2D eigenvalue weighted by molar-refractivity contribution is -0.157. The number of esters is 1. The Bertz CT molecular complexity index is 910. The number of carbonyl (C=O) groups excluding carboxylic acids is 4. The van der Waals surface area contributed by atoms with Crippen molar-refractivity contribution in [3.05, 3.63) is 29.1 Å². The Labute approximate surface area is 166 Å². The predicted molar refractivity (Wildman–Crippen MR) is 98.5 cm³/mol. The highest BCUT2D eigenvalue weighted by Crippen LogP contribution is 2.47. The molecule has 1 aliphatic carbocycles. The molecule has 0 aromatic heterocycles. The molecule has 1 fully saturated rings. The molecule has 0 bridgehead atoms. The van der Waals surface area contributed by atoms with Gasteiger partial charge in [-0.05, 0) is 38.8 Å². The lowest BCUT2D eigenvalue weighted by atomic mass is 9.94. The Hall–Kier alpha value is -3.17. The molecule has 1 heterocycles. The zero-order valence-electron chi connectivity index (χ0n) is 16.6. The van der Waals surface area contributed by atoms with Crippen LogP contribution in [0.2, 0.25) is 0 Å². The summed E-state index contributed by atoms with van der Waals surface area (Å²) in [6, 6.07) is 2.15. The molecule has 3 rings (SSSR count). The van der Waals surface area contributed by atoms with Crippen LogP contribution in [0.1, 0.15) is 38.3 Å². The first kappa shape index (κ1) is 20.6. The number of anilines is 1. The number of hydrogen-bond donors (Lipinski definition) is 2. The quantitative estimate of drug-likeness (QED) is 0.742. The van der Waals surface area contributed by atoms with E-state index in [-0.39, 0.29) is 29.7 Å². The largest absolute Gasteiger partial charge is 0.459 e. The van der Waals surface area contributed by atoms with Crippen LogP contribution in [0.4, 0.5) is 19.7 Å². The van der Waals surface area contributed by atoms with Crippen molar-refractivity contribution in [2.24, 2.45) is 0 Å². The minimum atomic E-state index is -1.68. The molecule has 1 saturated heterocycles. The van der Waals surface area contributed by atoms with Crippen LogP contribution < -0.4 is 10.6 Å². The van der Waals surface area contributed by atoms with Crippen LogP contribution in [0.25, 0.3) is 0 Å². The van der Waals surface area contributed by atoms with Crippen molar-refractivity contribution < 1.29 is 33.0 Å². The van der Waals surface area contributed by atoms with Crippen molar-refractivity contribution >= 4 is 29.7 Å². The van der Waals surface area contributed by atoms with Gasteiger partial charge in [-0.1, -0.05) is 6.07 Å². The van der Waals surface area contributed by atoms with Gasteiger partial charge in [0.25, 0.3) is 5.91 Å². The van der Waals surface area contributed by atoms with E-state index in [9.17, 15) is 23.6 Å². The minimum absolute atomic E-state index is 0.0398. The zero-order valence-corrected chi connectivity index (χ0v) is 16.6. The Kier molecular flexibility index (Phi) is 4.97. The fourth-order valence-electron chi connectivity index (χ4n) is 3.48. The number of carbonyl (C=O) groups is 4. The molecule has 29 heavy (non-hydrogen) atoms. The highest BCUT2D eigenvalue weighted by Gasteiger charge is 2.59. The van der Waals surface area contributed by atoms with E-state index in [4.69, 9.17) is 9.47 Å². The summed E-state index contributed by atoms with van der Waals surface area (Å²) >= 11 is 0. The molecule has 1 aromatic carbocycles. The number of halogens is 1. The first-order chi connectivity index (χ1) is 13.5. The number of hydrogen-bond acceptors (Lipinski definition) is 6. The second kappa shape index (κ2) is 7.02. The van der Waals surface area contributed by atoms with E-state index in [2.05, 4.69) is 10.6 Å². The Morgan fingerprint density at radius 2 is 2.00 bits per heavy atom. The van der Waals surface area contributed by atoms with Gasteiger partial charge in [-0.25, -0.2) is 18.9 Å². The van der Waals surface area contributed by atoms with Gasteiger partial charge in [-0.15, -0.1) is 0 Å². The predicted octanol–water partition coefficient (Wildman–Crippen LogP) is 2.04. The molecule has 1 atom stereocenters. The Morgan fingerprint density at radius 1 is 1.31 bits per heavy atom. The van der Waals surface area contributed by atoms with Gasteiger partial charge in [0, 0.05) is 19.0 Å². The molecule has 156 valence electrons. The maximum Gasteiger partial charge on any atom is 0.418 e. The van der Waals surface area contributed by atoms with Gasteiger partial charge in [-0.2, -0.15) is 0 Å². The number of ether oxygens (including phenoxy) is 2. The van der Waals surface area contributed by atoms with Crippen LogP contribution in [0.3, 0.4) is 0 Å². The fourth-order valence-corrected chi connectivity index (χ4v) is 3.48. The SMILES string of the molecule is CNC(=O)Nc1ccc2c(c1F)CCC21OC(=O)N(CC(=O)OC(C)(C)C)C1=O. The molecule has 2 aliphatic rings. The van der Waals surface area contributed by atoms with Gasteiger partial charge in [-0.3, -0.25) is 9.59 Å². The number of amides is 4. The topological polar surface area (TPSA) is 114 Å². The Morgan fingerprint density at radius 3 is 2.62 bits per heavy atom. The van der Waals surface area contributed by atoms with Crippen LogP contribution >= 0.6 is 0 Å². The first-order valence-corrected chi connectivity index (χ1v) is 9.06. The van der Waals surface area contributed by atoms with E-state index in [0.717, 1.165) is 0 Å². The van der Waals surface area contributed by atoms with Gasteiger partial charge in [0.2, 0.25) is 5.60 Å². The van der Waals surface area contributed by atoms with Gasteiger partial charge in [0.1, 0.15) is 18.0 Å². The average molecular weight is 407 g/mol. The number of nitrogens with one attached hydrogen (secondary N) is 2. The molecule has 2 N–H and O–H groups in total. The maximum atomic E-state index is 14.8. The molecule has 0 radical (unpaired) electrons. The van der Waals surface area contributed by atoms with Crippen molar-refractivity contribution in [1.82, 2.24) is 10.2 Å². The number of imide groups is 1. The molecular formula is C19H22FN3O6. The molecule has 10 heteroatoms. The van der Waals surface area contributed by atoms with Crippen LogP contribution in [0, 0.1) is 5.82 Å². The summed E-state index contributed by atoms with van der Waals surface area (Å²) in [6.07, 6.45) is -0.816. The second-order valence-corrected chi connectivity index (χ2v) is 7.83. The third-order valence-electron chi connectivity index (χ3n) is 4.66. The summed E-state index contributed by atoms with van der Waals surface area (Å²) in [6.45, 7) is 4.40. The van der Waals surface area contributed by atoms with Gasteiger partial charge in [0.15, 0.2) is 0 Å². The lowest BCUT2D eigenvalue weighted by Gasteiger charge is -2.22. The number of benzene rings is 1. The normalized spacial score (nSPS) is 20.5. The number of nitrogens with zero attached hydrogens (tertiary/aromatic N) is 1. The van der Waals surface area contributed by atoms with E-state index >= 15 is 0 Å². The first-order valence-electron chi connectivity index (χ1n) is 9.06. The highest BCUT2D eigenvalue weighted by molar-refractivity contribution is 6.06. The standard InChI is InChI=1S/C19H22FN3O6/c1-18(2,3)28-13(24)9-23-15(25)19(29-17(23)27)8-7-10-11(19)5-6-12(14(10)20)22-16(26)21-4/h5-6H,7-9H2,1-4H3,(H2,21,22,26). The number of fused-ring (bicyclic) bond motifs is 2. The molecule has 0 saturated carbocycles. The molecule has 1 aromatic rings. The van der Waals surface area contributed by atoms with Crippen molar-refractivity contribution in [3.8, 4) is 0 Å². The van der Waals surface area contributed by atoms with Crippen molar-refractivity contribution in [2.45, 2.75) is 44.8 Å². The molecular weight excluding hydrogens is 385 g/mol. The van der Waals surface area contributed by atoms with Crippen LogP contribution in [0.15, 0.2) is 12.1 Å². The molecule has 9 nitrogen and oxygen atoms in total. The second-order valence-electron chi connectivity index (χ2n) is 7.83. The maximum absolute atomic E-state index is 14.8. The van der Waals surface area contributed by atoms with Gasteiger partial charge in [0.05, 0.1) is 5.69 Å². The van der Waals surface area contributed by atoms with E-state index in [1.807, 2.05) is 0 Å². The monoisotopic (exact) mass is 407 g/mol. The summed E-state index contributed by atoms with van der Waals surface area (Å²) in [5.41, 5.74) is -2.12. The zero-order chi connectivity index (χ0) is 21.6. The Balaban J connectivity index is 1.87. The van der Waals surface area contributed by atoms with Gasteiger partial charge >= 0.3 is 18.1 Å². The van der Waals surface area contributed by atoms with E-state index in [1.165, 1.54) is 19.2 Å². The third kappa shape index (κ3) is 3.62. The fraction of sp³-hybridized carbons (Fsp3) is 0.474. The minimum Gasteiger partial charge on any atom is -0.459 e. The summed E-state index contributed by atoms with van der Waals surface area (Å²) in [5.74, 6) is -2.19. The number of rotatable bonds is 3. The van der Waals surface area contributed by atoms with Crippen molar-refractivity contribution in [2.75, 3.05) is 18.9 Å². The molecule has 4 amide bonds. The average Bonchev–Trinajstić information content (AvgIpc) is 3.10. The lowest BCUT2D eigenvalue weighted by Crippen LogP contribution is -2.41. The van der Waals surface area contributed by atoms with E-state index in [0.29, 0.717) is 4.90 Å². The summed E-state index contributed by atoms with van der Waals surface area (Å²) in [7, 11) is 1.39. The summed E-state index contributed by atoms with van der Waals surface area (Å²) in [5, 5.41) is 4.68. The summed E-state index contributed by atoms with van der Waals surface area (Å²) < 4.78 is 25.3. The highest BCUT2D eigenvalue weighted by atomic mass is 19.1. The summed E-state index contributed by atoms with van der Waals surface area (Å²) in [4.78, 5) is 49.5. The van der Waals surface area contributed by atoms with Crippen molar-refractivity contribution in [3.63, 3.8) is 0 Å². The van der Waals surface area contributed by atoms with Gasteiger partial charge < -0.3 is 20.1 Å². The molecule has 1 unspecified atom stereocenters. The van der Waals surface area contributed by atoms with Crippen molar-refractivity contribution in [1.29, 1.82) is 0 Å². The molecule has 1 spiro atoms. The smallest absolute Gasteiger partial charge is 0.418 e. The van der Waals surface area contributed by atoms with Crippen LogP contribution in [-0.4, -0.2) is 48.1 Å². The van der Waals surface area contributed by atoms with E-state index < -0.39 is 47.6 Å². The van der Waals surface area contributed by atoms with Crippen LogP contribution in [-0.2, 0) is 31.1 Å². The van der Waals surface area contributed by atoms with E-state index in [1.54, 1.807) is 20.8 Å². The van der Waals surface area contributed by atoms with Crippen LogP contribution in [0.5, 0.6) is 0 Å².